The summed E-state index contributed by atoms with van der Waals surface area (Å²) >= 11 is 16.2. The van der Waals surface area contributed by atoms with Gasteiger partial charge in [0.05, 0.1) is 45.6 Å². The average molecular weight is 1670 g/mol. The molecule has 0 radical (unpaired) electrons. The number of methoxy groups -OCH3 is 3. The van der Waals surface area contributed by atoms with E-state index in [0.29, 0.717) is 32.1 Å². The van der Waals surface area contributed by atoms with E-state index >= 15 is 0 Å². The van der Waals surface area contributed by atoms with Gasteiger partial charge in [0.2, 0.25) is 0 Å². The Hall–Kier alpha value is -9.21. The average Bonchev–Trinajstić information content (AvgIpc) is 1.65. The van der Waals surface area contributed by atoms with Crippen LogP contribution in [0.4, 0.5) is 23.0 Å². The number of phenolic OH excluding ortho intramolecular Hbond substituents is 3. The molecule has 0 atom stereocenters. The normalized spacial score (nSPS) is 12.2. The van der Waals surface area contributed by atoms with Crippen molar-refractivity contribution in [2.45, 2.75) is 45.4 Å². The Morgan fingerprint density at radius 3 is 1.42 bits per heavy atom. The van der Waals surface area contributed by atoms with Gasteiger partial charge in [-0.1, -0.05) is 130 Å². The number of hydrogen-bond acceptors (Lipinski definition) is 23. The number of phenols is 3. The first-order valence-electron chi connectivity index (χ1n) is 29.2. The highest BCUT2D eigenvalue weighted by molar-refractivity contribution is 9.11. The zero-order chi connectivity index (χ0) is 71.8. The van der Waals surface area contributed by atoms with Crippen LogP contribution in [0.5, 0.6) is 17.2 Å². The molecule has 0 aliphatic carbocycles. The maximum atomic E-state index is 10.2. The molecule has 0 unspecified atom stereocenters. The third-order valence-corrected chi connectivity index (χ3v) is 16.5. The molecule has 0 bridgehead atoms. The summed E-state index contributed by atoms with van der Waals surface area (Å²) in [6, 6.07) is 52.7. The molecule has 0 saturated carbocycles. The van der Waals surface area contributed by atoms with Crippen LogP contribution >= 0.6 is 79.6 Å². The zero-order valence-electron chi connectivity index (χ0n) is 53.9. The Kier molecular flexibility index (Phi) is 28.9. The number of halogens is 5. The summed E-state index contributed by atoms with van der Waals surface area (Å²) in [6.45, 7) is 7.66. The number of nitro benzene ring substituents is 1. The van der Waals surface area contributed by atoms with E-state index in [2.05, 4.69) is 129 Å². The van der Waals surface area contributed by atoms with Gasteiger partial charge in [0.25, 0.3) is 6.48 Å². The summed E-state index contributed by atoms with van der Waals surface area (Å²) in [6.07, 6.45) is 7.41. The van der Waals surface area contributed by atoms with Crippen LogP contribution in [0.15, 0.2) is 243 Å². The highest BCUT2D eigenvalue weighted by atomic mass is 79.9. The quantitative estimate of drug-likeness (QED) is 0.0205. The molecule has 30 heteroatoms. The largest absolute Gasteiger partial charge is 0.508 e. The summed E-state index contributed by atoms with van der Waals surface area (Å²) in [7, 11) is 4.18. The highest BCUT2D eigenvalue weighted by Crippen LogP contribution is 2.37. The number of nitrogen functional groups attached to an aromatic ring is 3. The molecule has 0 spiro atoms. The van der Waals surface area contributed by atoms with Gasteiger partial charge in [-0.15, -0.1) is 0 Å². The van der Waals surface area contributed by atoms with Crippen LogP contribution in [0.2, 0.25) is 0 Å². The third-order valence-electron chi connectivity index (χ3n) is 13.9. The molecule has 5 aromatic heterocycles. The van der Waals surface area contributed by atoms with Crippen LogP contribution < -0.4 is 22.7 Å². The minimum Gasteiger partial charge on any atom is -0.508 e. The molecule has 6 heterocycles. The van der Waals surface area contributed by atoms with E-state index in [1.165, 1.54) is 64.9 Å². The fourth-order valence-electron chi connectivity index (χ4n) is 8.31. The molecule has 1 saturated heterocycles. The van der Waals surface area contributed by atoms with Gasteiger partial charge in [0, 0.05) is 62.0 Å². The number of nitro groups is 1. The molecule has 1 aliphatic heterocycles. The Bertz CT molecular complexity index is 4670. The number of benzene rings is 8. The SMILES string of the molecule is Brc1ccc2ocnc2c1.CC1(C)OB(c2ccc3ocnc3c2)OC1(C)C.COC(OC)OC.Nc1cc(Br)ccc1O.Nc1cnc(-c2ccc3ocnc3c2)c(-c2ccccc2)n1.Nc1cnc(Br)c(-c2ccccc2)n1.O=[N+]([O-])c1cc(Br)ccc1O.Oc1ccc(Br)cc1. The topological polar surface area (TPSA) is 358 Å². The van der Waals surface area contributed by atoms with Crippen molar-refractivity contribution in [2.24, 2.45) is 0 Å². The minimum absolute atomic E-state index is 0.123. The van der Waals surface area contributed by atoms with E-state index in [1.807, 2.05) is 143 Å². The summed E-state index contributed by atoms with van der Waals surface area (Å²) < 4.78 is 45.5. The molecule has 1 aliphatic rings. The molecule has 0 amide bonds. The number of nitrogens with zero attached hydrogens (tertiary/aromatic N) is 8. The highest BCUT2D eigenvalue weighted by Gasteiger charge is 2.51. The fourth-order valence-corrected chi connectivity index (χ4v) is 10.1. The molecule has 1 fully saturated rings. The second-order valence-electron chi connectivity index (χ2n) is 21.4. The summed E-state index contributed by atoms with van der Waals surface area (Å²) in [4.78, 5) is 39.1. The predicted octanol–water partition coefficient (Wildman–Crippen LogP) is 16.9. The van der Waals surface area contributed by atoms with Crippen molar-refractivity contribution in [3.8, 4) is 51.0 Å². The standard InChI is InChI=1S/C17H12N4O.C13H16BNO3.C10H8BrN3.C7H4BrNO.C6H4BrNO3.C6H6BrNO.C6H5BrO.C4H10O3/c18-15-9-19-16(17(21-15)11-4-2-1-3-5-11)12-6-7-14-13(8-12)20-10-22-14;1-12(2)13(3,4)18-14(17-12)9-5-6-11-10(7-9)15-8-16-11;11-10-9(14-8(12)6-13-10)7-4-2-1-3-5-7;8-5-1-2-7-6(3-5)9-4-10-7;7-4-1-2-6(9)5(3-4)8(10)11;7-4-1-2-6(9)5(8)3-4;7-5-1-3-6(8)4-2-5;1-5-4(6-2)7-3/h1-10H,(H2,18,21);5-8H,1-4H3;1-6H,(H2,12,14);1-4H;1-3,9H;1-3,9H,8H2;1-4,8H;4H,1-3H3. The van der Waals surface area contributed by atoms with Crippen LogP contribution in [0.3, 0.4) is 0 Å². The zero-order valence-corrected chi connectivity index (χ0v) is 61.8. The maximum Gasteiger partial charge on any atom is 0.494 e. The van der Waals surface area contributed by atoms with Crippen molar-refractivity contribution in [1.82, 2.24) is 34.9 Å². The molecule has 99 heavy (non-hydrogen) atoms. The van der Waals surface area contributed by atoms with Gasteiger partial charge in [-0.3, -0.25) is 15.1 Å². The lowest BCUT2D eigenvalue weighted by atomic mass is 9.79. The van der Waals surface area contributed by atoms with Gasteiger partial charge in [0.15, 0.2) is 41.7 Å². The first-order valence-corrected chi connectivity index (χ1v) is 33.2. The number of nitrogens with two attached hydrogens (primary N) is 3. The van der Waals surface area contributed by atoms with Gasteiger partial charge in [-0.05, 0) is 152 Å². The van der Waals surface area contributed by atoms with E-state index in [-0.39, 0.29) is 35.5 Å². The molecule has 24 nitrogen and oxygen atoms in total. The number of fused-ring (bicyclic) bond motifs is 3. The Morgan fingerprint density at radius 1 is 0.485 bits per heavy atom. The second kappa shape index (κ2) is 37.1. The van der Waals surface area contributed by atoms with Crippen molar-refractivity contribution in [3.63, 3.8) is 0 Å². The Morgan fingerprint density at radius 2 is 0.929 bits per heavy atom. The van der Waals surface area contributed by atoms with Gasteiger partial charge < -0.3 is 69.3 Å². The van der Waals surface area contributed by atoms with Crippen LogP contribution in [0.1, 0.15) is 27.7 Å². The van der Waals surface area contributed by atoms with Gasteiger partial charge >= 0.3 is 12.8 Å². The maximum absolute atomic E-state index is 10.2. The summed E-state index contributed by atoms with van der Waals surface area (Å²) in [5.74, 6) is 0.918. The van der Waals surface area contributed by atoms with Crippen molar-refractivity contribution in [1.29, 1.82) is 0 Å². The minimum atomic E-state index is -0.639. The van der Waals surface area contributed by atoms with Crippen molar-refractivity contribution < 1.29 is 57.0 Å². The van der Waals surface area contributed by atoms with Gasteiger partial charge in [-0.2, -0.15) is 0 Å². The number of aromatic hydroxyl groups is 3. The van der Waals surface area contributed by atoms with E-state index in [9.17, 15) is 10.1 Å². The molecular formula is C69H65BBr5N11O13. The lowest BCUT2D eigenvalue weighted by molar-refractivity contribution is -0.385. The lowest BCUT2D eigenvalue weighted by Crippen LogP contribution is -2.41. The van der Waals surface area contributed by atoms with E-state index in [0.717, 1.165) is 86.0 Å². The predicted molar refractivity (Wildman–Crippen MR) is 399 cm³/mol. The monoisotopic (exact) mass is 1660 g/mol. The van der Waals surface area contributed by atoms with Crippen LogP contribution in [-0.4, -0.2) is 101 Å². The van der Waals surface area contributed by atoms with Crippen LogP contribution in [0, 0.1) is 10.1 Å². The molecule has 8 aromatic carbocycles. The number of aromatic nitrogens is 7. The first-order chi connectivity index (χ1) is 47.3. The third kappa shape index (κ3) is 22.9. The summed E-state index contributed by atoms with van der Waals surface area (Å²) in [5.41, 5.74) is 27.2. The molecule has 9 N–H and O–H groups in total. The first kappa shape index (κ1) is 77.2. The molecule has 14 rings (SSSR count). The van der Waals surface area contributed by atoms with Crippen LogP contribution in [-0.2, 0) is 23.5 Å². The smallest absolute Gasteiger partial charge is 0.494 e. The lowest BCUT2D eigenvalue weighted by Gasteiger charge is -2.32. The number of hydrogen-bond donors (Lipinski definition) is 6. The Balaban J connectivity index is 0.000000164. The number of ether oxygens (including phenoxy) is 3. The molecule has 13 aromatic rings. The van der Waals surface area contributed by atoms with E-state index in [1.54, 1.807) is 48.7 Å². The second-order valence-corrected chi connectivity index (χ2v) is 25.8. The Labute approximate surface area is 610 Å². The van der Waals surface area contributed by atoms with Gasteiger partial charge in [0.1, 0.15) is 50.0 Å². The summed E-state index contributed by atoms with van der Waals surface area (Å²) in [5, 5.41) is 36.8. The number of anilines is 3. The molecular weight excluding hydrogens is 1600 g/mol. The molecule has 512 valence electrons. The van der Waals surface area contributed by atoms with Gasteiger partial charge in [-0.25, -0.2) is 29.9 Å². The van der Waals surface area contributed by atoms with Crippen molar-refractivity contribution in [2.75, 3.05) is 38.5 Å². The van der Waals surface area contributed by atoms with E-state index < -0.39 is 11.4 Å². The van der Waals surface area contributed by atoms with Crippen molar-refractivity contribution >= 4 is 149 Å². The van der Waals surface area contributed by atoms with Crippen molar-refractivity contribution in [3.05, 3.63) is 240 Å². The number of rotatable bonds is 8. The van der Waals surface area contributed by atoms with E-state index in [4.69, 9.17) is 55.1 Å². The van der Waals surface area contributed by atoms with Crippen LogP contribution in [0.25, 0.3) is 67.1 Å². The fraction of sp³-hybridized carbons (Fsp3) is 0.145. The number of oxazole rings is 3.